The Morgan fingerprint density at radius 1 is 0.708 bits per heavy atom. The van der Waals surface area contributed by atoms with Gasteiger partial charge in [-0.3, -0.25) is 0 Å². The molecule has 0 aliphatic carbocycles. The smallest absolute Gasteiger partial charge is 0.207 e. The first-order valence-corrected chi connectivity index (χ1v) is 9.30. The molecular formula is C20H19NO2S. The number of nitrogens with one attached hydrogen (secondary N) is 1. The Labute approximate surface area is 143 Å². The Hall–Kier alpha value is -2.43. The van der Waals surface area contributed by atoms with E-state index in [0.717, 1.165) is 11.1 Å². The van der Waals surface area contributed by atoms with Crippen LogP contribution >= 0.6 is 0 Å². The van der Waals surface area contributed by atoms with Crippen LogP contribution in [0.25, 0.3) is 0 Å². The van der Waals surface area contributed by atoms with Crippen LogP contribution in [0.5, 0.6) is 0 Å². The molecule has 3 rings (SSSR count). The third kappa shape index (κ3) is 4.10. The predicted molar refractivity (Wildman–Crippen MR) is 96.1 cm³/mol. The summed E-state index contributed by atoms with van der Waals surface area (Å²) in [7, 11) is -3.58. The van der Waals surface area contributed by atoms with Crippen LogP contribution < -0.4 is 4.72 Å². The fourth-order valence-electron chi connectivity index (χ4n) is 2.62. The fourth-order valence-corrected chi connectivity index (χ4v) is 3.86. The van der Waals surface area contributed by atoms with Gasteiger partial charge in [-0.15, -0.1) is 0 Å². The van der Waals surface area contributed by atoms with E-state index < -0.39 is 10.0 Å². The van der Waals surface area contributed by atoms with Gasteiger partial charge in [0.2, 0.25) is 10.0 Å². The topological polar surface area (TPSA) is 46.2 Å². The van der Waals surface area contributed by atoms with E-state index in [1.54, 1.807) is 30.3 Å². The Morgan fingerprint density at radius 3 is 1.79 bits per heavy atom. The molecule has 0 bridgehead atoms. The Bertz CT molecular complexity index is 863. The summed E-state index contributed by atoms with van der Waals surface area (Å²) in [5, 5.41) is 0. The predicted octanol–water partition coefficient (Wildman–Crippen LogP) is 3.95. The first-order chi connectivity index (χ1) is 11.6. The summed E-state index contributed by atoms with van der Waals surface area (Å²) in [4.78, 5) is 0.277. The zero-order valence-corrected chi connectivity index (χ0v) is 14.0. The molecule has 1 N–H and O–H groups in total. The van der Waals surface area contributed by atoms with Crippen LogP contribution in [-0.4, -0.2) is 8.42 Å². The largest absolute Gasteiger partial charge is 0.241 e. The van der Waals surface area contributed by atoms with Crippen molar-refractivity contribution in [1.82, 2.24) is 4.72 Å². The average molecular weight is 337 g/mol. The fraction of sp³-hybridized carbons (Fsp3) is 0.100. The molecule has 0 heterocycles. The summed E-state index contributed by atoms with van der Waals surface area (Å²) in [6, 6.07) is 27.7. The normalized spacial score (nSPS) is 12.7. The van der Waals surface area contributed by atoms with E-state index >= 15 is 0 Å². The molecule has 3 aromatic carbocycles. The van der Waals surface area contributed by atoms with E-state index in [-0.39, 0.29) is 10.9 Å². The highest BCUT2D eigenvalue weighted by atomic mass is 32.2. The van der Waals surface area contributed by atoms with Crippen molar-refractivity contribution in [1.29, 1.82) is 0 Å². The molecule has 3 aromatic rings. The second-order valence-corrected chi connectivity index (χ2v) is 7.30. The summed E-state index contributed by atoms with van der Waals surface area (Å²) in [6.07, 6.45) is 0.594. The molecule has 3 nitrogen and oxygen atoms in total. The molecule has 0 saturated heterocycles. The quantitative estimate of drug-likeness (QED) is 0.740. The van der Waals surface area contributed by atoms with Gasteiger partial charge >= 0.3 is 0 Å². The van der Waals surface area contributed by atoms with Crippen molar-refractivity contribution < 1.29 is 8.42 Å². The van der Waals surface area contributed by atoms with Gasteiger partial charge in [-0.2, -0.15) is 0 Å². The molecule has 0 spiro atoms. The molecule has 122 valence electrons. The molecule has 0 amide bonds. The van der Waals surface area contributed by atoms with E-state index in [1.807, 2.05) is 60.7 Å². The summed E-state index contributed by atoms with van der Waals surface area (Å²) in [5.74, 6) is 0. The number of sulfonamides is 1. The van der Waals surface area contributed by atoms with E-state index in [9.17, 15) is 8.42 Å². The maximum atomic E-state index is 12.7. The van der Waals surface area contributed by atoms with Crippen molar-refractivity contribution in [3.63, 3.8) is 0 Å². The van der Waals surface area contributed by atoms with Crippen LogP contribution in [0.15, 0.2) is 95.9 Å². The minimum atomic E-state index is -3.58. The summed E-state index contributed by atoms with van der Waals surface area (Å²) >= 11 is 0. The van der Waals surface area contributed by atoms with Crippen LogP contribution in [0.2, 0.25) is 0 Å². The van der Waals surface area contributed by atoms with E-state index in [0.29, 0.717) is 6.42 Å². The van der Waals surface area contributed by atoms with Crippen LogP contribution in [0.3, 0.4) is 0 Å². The van der Waals surface area contributed by atoms with E-state index in [4.69, 9.17) is 0 Å². The van der Waals surface area contributed by atoms with Crippen molar-refractivity contribution >= 4 is 10.0 Å². The maximum absolute atomic E-state index is 12.7. The summed E-state index contributed by atoms with van der Waals surface area (Å²) < 4.78 is 28.2. The van der Waals surface area contributed by atoms with Gasteiger partial charge in [0.1, 0.15) is 0 Å². The maximum Gasteiger partial charge on any atom is 0.241 e. The third-order valence-electron chi connectivity index (χ3n) is 3.84. The molecule has 0 aliphatic rings. The number of benzene rings is 3. The highest BCUT2D eigenvalue weighted by Crippen LogP contribution is 2.21. The molecule has 0 radical (unpaired) electrons. The minimum Gasteiger partial charge on any atom is -0.207 e. The molecule has 0 aliphatic heterocycles. The molecule has 0 unspecified atom stereocenters. The van der Waals surface area contributed by atoms with Crippen molar-refractivity contribution in [2.24, 2.45) is 0 Å². The highest BCUT2D eigenvalue weighted by molar-refractivity contribution is 7.89. The van der Waals surface area contributed by atoms with Gasteiger partial charge in [0.05, 0.1) is 10.9 Å². The monoisotopic (exact) mass is 337 g/mol. The van der Waals surface area contributed by atoms with Crippen molar-refractivity contribution in [2.45, 2.75) is 17.4 Å². The van der Waals surface area contributed by atoms with Crippen molar-refractivity contribution in [3.05, 3.63) is 102 Å². The lowest BCUT2D eigenvalue weighted by Gasteiger charge is -2.19. The van der Waals surface area contributed by atoms with Crippen molar-refractivity contribution in [2.75, 3.05) is 0 Å². The molecule has 0 aromatic heterocycles. The van der Waals surface area contributed by atoms with E-state index in [1.165, 1.54) is 0 Å². The second-order valence-electron chi connectivity index (χ2n) is 5.59. The Morgan fingerprint density at radius 2 is 1.21 bits per heavy atom. The molecular weight excluding hydrogens is 318 g/mol. The van der Waals surface area contributed by atoms with Gasteiger partial charge in [0, 0.05) is 0 Å². The summed E-state index contributed by atoms with van der Waals surface area (Å²) in [5.41, 5.74) is 2.03. The lowest BCUT2D eigenvalue weighted by molar-refractivity contribution is 0.555. The highest BCUT2D eigenvalue weighted by Gasteiger charge is 2.21. The molecule has 4 heteroatoms. The van der Waals surface area contributed by atoms with Crippen LogP contribution in [-0.2, 0) is 16.4 Å². The van der Waals surface area contributed by atoms with Gasteiger partial charge < -0.3 is 0 Å². The Balaban J connectivity index is 1.91. The molecule has 24 heavy (non-hydrogen) atoms. The standard InChI is InChI=1S/C20H19NO2S/c22-24(23,19-14-8-3-9-15-19)21-20(18-12-6-2-7-13-18)16-17-10-4-1-5-11-17/h1-15,20-21H,16H2/t20-/m1/s1. The summed E-state index contributed by atoms with van der Waals surface area (Å²) in [6.45, 7) is 0. The number of rotatable bonds is 6. The van der Waals surface area contributed by atoms with Gasteiger partial charge in [-0.05, 0) is 29.7 Å². The lowest BCUT2D eigenvalue weighted by atomic mass is 10.00. The average Bonchev–Trinajstić information content (AvgIpc) is 2.63. The zero-order chi connectivity index (χ0) is 16.8. The van der Waals surface area contributed by atoms with Gasteiger partial charge in [0.25, 0.3) is 0 Å². The van der Waals surface area contributed by atoms with Crippen LogP contribution in [0, 0.1) is 0 Å². The zero-order valence-electron chi connectivity index (χ0n) is 13.2. The van der Waals surface area contributed by atoms with Crippen LogP contribution in [0.1, 0.15) is 17.2 Å². The molecule has 0 saturated carbocycles. The third-order valence-corrected chi connectivity index (χ3v) is 5.32. The van der Waals surface area contributed by atoms with E-state index in [2.05, 4.69) is 4.72 Å². The number of hydrogen-bond donors (Lipinski definition) is 1. The van der Waals surface area contributed by atoms with Gasteiger partial charge in [-0.25, -0.2) is 13.1 Å². The van der Waals surface area contributed by atoms with Gasteiger partial charge in [-0.1, -0.05) is 78.9 Å². The minimum absolute atomic E-state index is 0.277. The number of hydrogen-bond acceptors (Lipinski definition) is 2. The Kier molecular flexibility index (Phi) is 5.08. The van der Waals surface area contributed by atoms with Gasteiger partial charge in [0.15, 0.2) is 0 Å². The first-order valence-electron chi connectivity index (χ1n) is 7.81. The molecule has 1 atom stereocenters. The first kappa shape index (κ1) is 16.4. The second kappa shape index (κ2) is 7.43. The lowest BCUT2D eigenvalue weighted by Crippen LogP contribution is -2.30. The van der Waals surface area contributed by atoms with Crippen LogP contribution in [0.4, 0.5) is 0 Å². The van der Waals surface area contributed by atoms with Crippen molar-refractivity contribution in [3.8, 4) is 0 Å². The SMILES string of the molecule is O=S(=O)(N[C@H](Cc1ccccc1)c1ccccc1)c1ccccc1. The molecule has 0 fully saturated rings.